The lowest BCUT2D eigenvalue weighted by molar-refractivity contribution is -0.123. The van der Waals surface area contributed by atoms with Gasteiger partial charge < -0.3 is 25.0 Å². The van der Waals surface area contributed by atoms with Gasteiger partial charge in [0.2, 0.25) is 17.6 Å². The van der Waals surface area contributed by atoms with Crippen LogP contribution in [0.3, 0.4) is 0 Å². The largest absolute Gasteiger partial charge is 0.493 e. The molecule has 8 heteroatoms. The molecule has 24 heavy (non-hydrogen) atoms. The fourth-order valence-electron chi connectivity index (χ4n) is 2.00. The summed E-state index contributed by atoms with van der Waals surface area (Å²) in [4.78, 5) is 16.1. The molecule has 0 radical (unpaired) electrons. The molecular weight excluding hydrogens is 312 g/mol. The van der Waals surface area contributed by atoms with Gasteiger partial charge in [0.25, 0.3) is 0 Å². The van der Waals surface area contributed by atoms with Gasteiger partial charge in [-0.2, -0.15) is 4.98 Å². The zero-order valence-electron chi connectivity index (χ0n) is 14.2. The Morgan fingerprint density at radius 2 is 2.00 bits per heavy atom. The number of hydrogen-bond acceptors (Lipinski definition) is 7. The van der Waals surface area contributed by atoms with E-state index in [1.54, 1.807) is 32.4 Å². The van der Waals surface area contributed by atoms with Gasteiger partial charge >= 0.3 is 0 Å². The summed E-state index contributed by atoms with van der Waals surface area (Å²) in [6.07, 6.45) is 0. The molecule has 0 saturated heterocycles. The molecule has 0 aliphatic rings. The van der Waals surface area contributed by atoms with Crippen LogP contribution in [-0.4, -0.2) is 36.3 Å². The molecule has 1 amide bonds. The van der Waals surface area contributed by atoms with Crippen LogP contribution in [0.4, 0.5) is 0 Å². The molecule has 8 nitrogen and oxygen atoms in total. The molecule has 2 aromatic rings. The first-order valence-electron chi connectivity index (χ1n) is 7.54. The van der Waals surface area contributed by atoms with Gasteiger partial charge in [0, 0.05) is 5.56 Å². The number of benzene rings is 1. The van der Waals surface area contributed by atoms with E-state index in [4.69, 9.17) is 19.7 Å². The number of methoxy groups -OCH3 is 2. The zero-order valence-corrected chi connectivity index (χ0v) is 14.2. The quantitative estimate of drug-likeness (QED) is 0.786. The SMILES string of the molecule is COc1ccc(-c2noc(CNC(=O)[C@@H](N)C(C)C)n2)cc1OC. The van der Waals surface area contributed by atoms with Gasteiger partial charge in [-0.15, -0.1) is 0 Å². The molecule has 1 aromatic carbocycles. The van der Waals surface area contributed by atoms with Crippen molar-refractivity contribution in [3.8, 4) is 22.9 Å². The number of ether oxygens (including phenoxy) is 2. The summed E-state index contributed by atoms with van der Waals surface area (Å²) in [6.45, 7) is 3.89. The number of hydrogen-bond donors (Lipinski definition) is 2. The lowest BCUT2D eigenvalue weighted by Crippen LogP contribution is -2.43. The van der Waals surface area contributed by atoms with Crippen molar-refractivity contribution in [1.82, 2.24) is 15.5 Å². The Kier molecular flexibility index (Phi) is 5.75. The second-order valence-electron chi connectivity index (χ2n) is 5.57. The maximum absolute atomic E-state index is 11.8. The molecule has 0 bridgehead atoms. The molecule has 0 unspecified atom stereocenters. The Morgan fingerprint density at radius 3 is 2.62 bits per heavy atom. The van der Waals surface area contributed by atoms with Crippen molar-refractivity contribution >= 4 is 5.91 Å². The summed E-state index contributed by atoms with van der Waals surface area (Å²) < 4.78 is 15.6. The van der Waals surface area contributed by atoms with Crippen LogP contribution in [0.5, 0.6) is 11.5 Å². The van der Waals surface area contributed by atoms with Gasteiger partial charge in [0.1, 0.15) is 0 Å². The highest BCUT2D eigenvalue weighted by molar-refractivity contribution is 5.81. The third-order valence-electron chi connectivity index (χ3n) is 3.54. The van der Waals surface area contributed by atoms with Crippen molar-refractivity contribution in [2.45, 2.75) is 26.4 Å². The average molecular weight is 334 g/mol. The van der Waals surface area contributed by atoms with E-state index in [-0.39, 0.29) is 18.4 Å². The van der Waals surface area contributed by atoms with Crippen LogP contribution in [0.25, 0.3) is 11.4 Å². The van der Waals surface area contributed by atoms with E-state index in [1.807, 2.05) is 13.8 Å². The summed E-state index contributed by atoms with van der Waals surface area (Å²) in [5.41, 5.74) is 6.49. The summed E-state index contributed by atoms with van der Waals surface area (Å²) in [7, 11) is 3.12. The lowest BCUT2D eigenvalue weighted by atomic mass is 10.1. The molecular formula is C16H22N4O4. The van der Waals surface area contributed by atoms with E-state index in [1.165, 1.54) is 0 Å². The summed E-state index contributed by atoms with van der Waals surface area (Å²) >= 11 is 0. The minimum atomic E-state index is -0.571. The molecule has 1 atom stereocenters. The van der Waals surface area contributed by atoms with E-state index < -0.39 is 6.04 Å². The molecule has 1 aromatic heterocycles. The van der Waals surface area contributed by atoms with Crippen LogP contribution >= 0.6 is 0 Å². The van der Waals surface area contributed by atoms with Crippen LogP contribution in [0.15, 0.2) is 22.7 Å². The smallest absolute Gasteiger partial charge is 0.246 e. The minimum absolute atomic E-state index is 0.0509. The summed E-state index contributed by atoms with van der Waals surface area (Å²) in [6, 6.07) is 4.73. The first kappa shape index (κ1) is 17.7. The second kappa shape index (κ2) is 7.78. The van der Waals surface area contributed by atoms with Gasteiger partial charge in [0.15, 0.2) is 11.5 Å². The Morgan fingerprint density at radius 1 is 1.29 bits per heavy atom. The van der Waals surface area contributed by atoms with E-state index in [0.717, 1.165) is 0 Å². The van der Waals surface area contributed by atoms with Crippen LogP contribution in [0.2, 0.25) is 0 Å². The fraction of sp³-hybridized carbons (Fsp3) is 0.438. The van der Waals surface area contributed by atoms with Crippen molar-refractivity contribution in [2.75, 3.05) is 14.2 Å². The molecule has 1 heterocycles. The topological polar surface area (TPSA) is 113 Å². The molecule has 0 spiro atoms. The van der Waals surface area contributed by atoms with Crippen molar-refractivity contribution < 1.29 is 18.8 Å². The number of nitrogens with two attached hydrogens (primary N) is 1. The van der Waals surface area contributed by atoms with Gasteiger partial charge in [-0.3, -0.25) is 4.79 Å². The van der Waals surface area contributed by atoms with Crippen molar-refractivity contribution in [3.05, 3.63) is 24.1 Å². The van der Waals surface area contributed by atoms with Crippen LogP contribution < -0.4 is 20.5 Å². The third-order valence-corrected chi connectivity index (χ3v) is 3.54. The number of nitrogens with one attached hydrogen (secondary N) is 1. The van der Waals surface area contributed by atoms with E-state index >= 15 is 0 Å². The molecule has 3 N–H and O–H groups in total. The van der Waals surface area contributed by atoms with Crippen molar-refractivity contribution in [1.29, 1.82) is 0 Å². The number of aromatic nitrogens is 2. The number of amides is 1. The predicted octanol–water partition coefficient (Wildman–Crippen LogP) is 1.35. The first-order chi connectivity index (χ1) is 11.5. The normalized spacial score (nSPS) is 12.1. The monoisotopic (exact) mass is 334 g/mol. The summed E-state index contributed by atoms with van der Waals surface area (Å²) in [5.74, 6) is 1.67. The highest BCUT2D eigenvalue weighted by Crippen LogP contribution is 2.31. The van der Waals surface area contributed by atoms with Crippen molar-refractivity contribution in [2.24, 2.45) is 11.7 Å². The third kappa shape index (κ3) is 4.02. The van der Waals surface area contributed by atoms with Gasteiger partial charge in [0.05, 0.1) is 26.8 Å². The molecule has 0 aliphatic carbocycles. The van der Waals surface area contributed by atoms with Gasteiger partial charge in [-0.1, -0.05) is 19.0 Å². The highest BCUT2D eigenvalue weighted by atomic mass is 16.5. The molecule has 130 valence electrons. The minimum Gasteiger partial charge on any atom is -0.493 e. The predicted molar refractivity (Wildman–Crippen MR) is 87.5 cm³/mol. The van der Waals surface area contributed by atoms with Gasteiger partial charge in [-0.25, -0.2) is 0 Å². The van der Waals surface area contributed by atoms with E-state index in [2.05, 4.69) is 15.5 Å². The molecule has 0 saturated carbocycles. The van der Waals surface area contributed by atoms with Crippen LogP contribution in [-0.2, 0) is 11.3 Å². The highest BCUT2D eigenvalue weighted by Gasteiger charge is 2.18. The van der Waals surface area contributed by atoms with Crippen molar-refractivity contribution in [3.63, 3.8) is 0 Å². The zero-order chi connectivity index (χ0) is 17.7. The second-order valence-corrected chi connectivity index (χ2v) is 5.57. The summed E-state index contributed by atoms with van der Waals surface area (Å²) in [5, 5.41) is 6.59. The Balaban J connectivity index is 2.07. The average Bonchev–Trinajstić information content (AvgIpc) is 3.07. The number of nitrogens with zero attached hydrogens (tertiary/aromatic N) is 2. The molecule has 0 fully saturated rings. The Hall–Kier alpha value is -2.61. The van der Waals surface area contributed by atoms with Crippen LogP contribution in [0, 0.1) is 5.92 Å². The van der Waals surface area contributed by atoms with E-state index in [9.17, 15) is 4.79 Å². The molecule has 0 aliphatic heterocycles. The van der Waals surface area contributed by atoms with Gasteiger partial charge in [-0.05, 0) is 24.1 Å². The number of carbonyl (C=O) groups is 1. The Labute approximate surface area is 140 Å². The number of carbonyl (C=O) groups excluding carboxylic acids is 1. The first-order valence-corrected chi connectivity index (χ1v) is 7.54. The Bertz CT molecular complexity index is 699. The number of rotatable bonds is 7. The van der Waals surface area contributed by atoms with E-state index in [0.29, 0.717) is 28.8 Å². The molecule has 2 rings (SSSR count). The van der Waals surface area contributed by atoms with Crippen LogP contribution in [0.1, 0.15) is 19.7 Å². The maximum atomic E-state index is 11.8. The lowest BCUT2D eigenvalue weighted by Gasteiger charge is -2.14. The maximum Gasteiger partial charge on any atom is 0.246 e. The standard InChI is InChI=1S/C16H22N4O4/c1-9(2)14(17)16(21)18-8-13-19-15(20-24-13)10-5-6-11(22-3)12(7-10)23-4/h5-7,9,14H,8,17H2,1-4H3,(H,18,21)/t14-/m0/s1. The fourth-order valence-corrected chi connectivity index (χ4v) is 2.00.